The Balaban J connectivity index is 1.65. The zero-order chi connectivity index (χ0) is 20.2. The van der Waals surface area contributed by atoms with Gasteiger partial charge in [0.25, 0.3) is 5.91 Å². The van der Waals surface area contributed by atoms with Crippen molar-refractivity contribution in [3.63, 3.8) is 0 Å². The molecule has 0 spiro atoms. The van der Waals surface area contributed by atoms with Crippen LogP contribution in [-0.4, -0.2) is 25.2 Å². The molecular weight excluding hydrogens is 382 g/mol. The van der Waals surface area contributed by atoms with Gasteiger partial charge in [0.15, 0.2) is 5.17 Å². The van der Waals surface area contributed by atoms with Gasteiger partial charge in [-0.25, -0.2) is 0 Å². The van der Waals surface area contributed by atoms with E-state index in [1.165, 1.54) is 11.8 Å². The Kier molecular flexibility index (Phi) is 5.53. The molecule has 1 saturated heterocycles. The minimum absolute atomic E-state index is 0.0731. The number of thioether (sulfide) groups is 1. The first-order valence-corrected chi connectivity index (χ1v) is 10.1. The number of carbonyl (C=O) groups excluding carboxylic acids is 1. The number of carbonyl (C=O) groups is 1. The third-order valence-corrected chi connectivity index (χ3v) is 5.48. The Morgan fingerprint density at radius 1 is 1.03 bits per heavy atom. The standard InChI is InChI=1S/C23H21N3O2S/c1-25(2)18-12-10-17(11-13-18)15-21-22(27)26(19-7-4-3-5-8-19)23(29-21)24-16-20-9-6-14-28-20/h3-15H,16H2,1-2H3/b21-15+,24-23?. The molecule has 0 atom stereocenters. The van der Waals surface area contributed by atoms with E-state index < -0.39 is 0 Å². The van der Waals surface area contributed by atoms with Crippen molar-refractivity contribution in [2.24, 2.45) is 4.99 Å². The van der Waals surface area contributed by atoms with Gasteiger partial charge in [-0.1, -0.05) is 30.3 Å². The van der Waals surface area contributed by atoms with Crippen LogP contribution in [0.1, 0.15) is 11.3 Å². The maximum atomic E-state index is 13.2. The molecule has 5 nitrogen and oxygen atoms in total. The minimum atomic E-state index is -0.0731. The van der Waals surface area contributed by atoms with E-state index >= 15 is 0 Å². The number of amidine groups is 1. The molecule has 1 aliphatic heterocycles. The summed E-state index contributed by atoms with van der Waals surface area (Å²) in [6.07, 6.45) is 3.54. The fourth-order valence-electron chi connectivity index (χ4n) is 2.95. The highest BCUT2D eigenvalue weighted by Crippen LogP contribution is 2.36. The van der Waals surface area contributed by atoms with Crippen LogP contribution in [0.3, 0.4) is 0 Å². The lowest BCUT2D eigenvalue weighted by molar-refractivity contribution is -0.113. The first-order valence-electron chi connectivity index (χ1n) is 9.25. The predicted octanol–water partition coefficient (Wildman–Crippen LogP) is 5.02. The molecule has 3 aromatic rings. The molecule has 0 saturated carbocycles. The van der Waals surface area contributed by atoms with Crippen LogP contribution < -0.4 is 9.80 Å². The Hall–Kier alpha value is -3.25. The van der Waals surface area contributed by atoms with E-state index in [-0.39, 0.29) is 5.91 Å². The maximum absolute atomic E-state index is 13.2. The van der Waals surface area contributed by atoms with E-state index in [1.54, 1.807) is 11.2 Å². The number of anilines is 2. The third-order valence-electron chi connectivity index (χ3n) is 4.48. The largest absolute Gasteiger partial charge is 0.467 e. The normalized spacial score (nSPS) is 16.8. The molecule has 0 unspecified atom stereocenters. The van der Waals surface area contributed by atoms with Crippen LogP contribution in [0.4, 0.5) is 11.4 Å². The van der Waals surface area contributed by atoms with Crippen molar-refractivity contribution in [1.29, 1.82) is 0 Å². The summed E-state index contributed by atoms with van der Waals surface area (Å²) in [6, 6.07) is 21.4. The topological polar surface area (TPSA) is 49.1 Å². The lowest BCUT2D eigenvalue weighted by Gasteiger charge is -2.15. The number of amides is 1. The molecule has 6 heteroatoms. The molecule has 0 radical (unpaired) electrons. The number of furan rings is 1. The summed E-state index contributed by atoms with van der Waals surface area (Å²) in [5.41, 5.74) is 2.89. The van der Waals surface area contributed by atoms with Crippen molar-refractivity contribution in [3.05, 3.63) is 89.2 Å². The molecule has 2 heterocycles. The van der Waals surface area contributed by atoms with Crippen molar-refractivity contribution in [2.75, 3.05) is 23.9 Å². The SMILES string of the molecule is CN(C)c1ccc(/C=C2/SC(=NCc3ccco3)N(c3ccccc3)C2=O)cc1. The second-order valence-electron chi connectivity index (χ2n) is 6.75. The van der Waals surface area contributed by atoms with Gasteiger partial charge in [-0.3, -0.25) is 14.7 Å². The molecule has 0 N–H and O–H groups in total. The monoisotopic (exact) mass is 403 g/mol. The first-order chi connectivity index (χ1) is 14.1. The lowest BCUT2D eigenvalue weighted by Crippen LogP contribution is -2.28. The number of nitrogens with zero attached hydrogens (tertiary/aromatic N) is 3. The highest BCUT2D eigenvalue weighted by atomic mass is 32.2. The summed E-state index contributed by atoms with van der Waals surface area (Å²) in [7, 11) is 4.01. The summed E-state index contributed by atoms with van der Waals surface area (Å²) in [6.45, 7) is 0.386. The average molecular weight is 404 g/mol. The van der Waals surface area contributed by atoms with Crippen LogP contribution >= 0.6 is 11.8 Å². The molecule has 2 aromatic carbocycles. The van der Waals surface area contributed by atoms with Gasteiger partial charge < -0.3 is 9.32 Å². The van der Waals surface area contributed by atoms with Crippen LogP contribution in [0, 0.1) is 0 Å². The molecule has 146 valence electrons. The lowest BCUT2D eigenvalue weighted by atomic mass is 10.2. The summed E-state index contributed by atoms with van der Waals surface area (Å²) in [5, 5.41) is 0.647. The van der Waals surface area contributed by atoms with Gasteiger partial charge in [0.1, 0.15) is 5.76 Å². The minimum Gasteiger partial charge on any atom is -0.467 e. The zero-order valence-corrected chi connectivity index (χ0v) is 17.1. The Morgan fingerprint density at radius 2 is 1.79 bits per heavy atom. The van der Waals surface area contributed by atoms with Crippen molar-refractivity contribution in [2.45, 2.75) is 6.54 Å². The Labute approximate surface area is 174 Å². The maximum Gasteiger partial charge on any atom is 0.271 e. The van der Waals surface area contributed by atoms with Gasteiger partial charge >= 0.3 is 0 Å². The molecule has 4 rings (SSSR count). The number of aliphatic imine (C=N–C) groups is 1. The molecule has 1 aliphatic rings. The van der Waals surface area contributed by atoms with E-state index in [0.29, 0.717) is 16.6 Å². The highest BCUT2D eigenvalue weighted by molar-refractivity contribution is 8.19. The van der Waals surface area contributed by atoms with E-state index in [1.807, 2.05) is 91.8 Å². The van der Waals surface area contributed by atoms with Crippen LogP contribution in [0.2, 0.25) is 0 Å². The summed E-state index contributed by atoms with van der Waals surface area (Å²) in [5.74, 6) is 0.686. The molecular formula is C23H21N3O2S. The van der Waals surface area contributed by atoms with E-state index in [0.717, 1.165) is 22.7 Å². The second-order valence-corrected chi connectivity index (χ2v) is 7.76. The quantitative estimate of drug-likeness (QED) is 0.561. The molecule has 29 heavy (non-hydrogen) atoms. The summed E-state index contributed by atoms with van der Waals surface area (Å²) in [4.78, 5) is 22.2. The fourth-order valence-corrected chi connectivity index (χ4v) is 3.93. The smallest absolute Gasteiger partial charge is 0.271 e. The Morgan fingerprint density at radius 3 is 2.45 bits per heavy atom. The van der Waals surface area contributed by atoms with Crippen LogP contribution in [0.15, 0.2) is 87.3 Å². The van der Waals surface area contributed by atoms with Crippen molar-refractivity contribution in [1.82, 2.24) is 0 Å². The van der Waals surface area contributed by atoms with Gasteiger partial charge in [0, 0.05) is 19.8 Å². The molecule has 1 amide bonds. The number of benzene rings is 2. The van der Waals surface area contributed by atoms with E-state index in [2.05, 4.69) is 4.99 Å². The van der Waals surface area contributed by atoms with E-state index in [9.17, 15) is 4.79 Å². The number of rotatable bonds is 5. The van der Waals surface area contributed by atoms with Gasteiger partial charge in [0.05, 0.1) is 23.4 Å². The van der Waals surface area contributed by atoms with Crippen LogP contribution in [0.25, 0.3) is 6.08 Å². The van der Waals surface area contributed by atoms with Crippen LogP contribution in [-0.2, 0) is 11.3 Å². The van der Waals surface area contributed by atoms with Gasteiger partial charge in [-0.15, -0.1) is 0 Å². The predicted molar refractivity (Wildman–Crippen MR) is 120 cm³/mol. The van der Waals surface area contributed by atoms with Gasteiger partial charge in [0.2, 0.25) is 0 Å². The first kappa shape index (κ1) is 19.1. The molecule has 1 aromatic heterocycles. The average Bonchev–Trinajstić information content (AvgIpc) is 3.36. The fraction of sp³-hybridized carbons (Fsp3) is 0.130. The number of para-hydroxylation sites is 1. The van der Waals surface area contributed by atoms with Crippen molar-refractivity contribution < 1.29 is 9.21 Å². The second kappa shape index (κ2) is 8.41. The third kappa shape index (κ3) is 4.27. The van der Waals surface area contributed by atoms with Crippen LogP contribution in [0.5, 0.6) is 0 Å². The summed E-state index contributed by atoms with van der Waals surface area (Å²) < 4.78 is 5.38. The zero-order valence-electron chi connectivity index (χ0n) is 16.3. The summed E-state index contributed by atoms with van der Waals surface area (Å²) >= 11 is 1.38. The Bertz CT molecular complexity index is 1040. The number of hydrogen-bond donors (Lipinski definition) is 0. The van der Waals surface area contributed by atoms with Crippen molar-refractivity contribution in [3.8, 4) is 0 Å². The van der Waals surface area contributed by atoms with Crippen molar-refractivity contribution >= 4 is 40.3 Å². The highest BCUT2D eigenvalue weighted by Gasteiger charge is 2.34. The van der Waals surface area contributed by atoms with Gasteiger partial charge in [-0.2, -0.15) is 0 Å². The van der Waals surface area contributed by atoms with Gasteiger partial charge in [-0.05, 0) is 59.8 Å². The number of hydrogen-bond acceptors (Lipinski definition) is 5. The van der Waals surface area contributed by atoms with E-state index in [4.69, 9.17) is 4.42 Å². The molecule has 1 fully saturated rings. The molecule has 0 aliphatic carbocycles. The molecule has 0 bridgehead atoms.